The topological polar surface area (TPSA) is 104 Å². The second-order valence-electron chi connectivity index (χ2n) is 3.08. The smallest absolute Gasteiger partial charge is 0.230 e. The Morgan fingerprint density at radius 3 is 2.43 bits per heavy atom. The lowest BCUT2D eigenvalue weighted by Crippen LogP contribution is -2.36. The summed E-state index contributed by atoms with van der Waals surface area (Å²) in [5, 5.41) is 3.90. The van der Waals surface area contributed by atoms with E-state index in [1.54, 1.807) is 24.1 Å². The maximum Gasteiger partial charge on any atom is 0.230 e. The van der Waals surface area contributed by atoms with Gasteiger partial charge in [-0.05, 0) is 12.0 Å². The van der Waals surface area contributed by atoms with Gasteiger partial charge in [0.15, 0.2) is 0 Å². The van der Waals surface area contributed by atoms with Gasteiger partial charge in [-0.25, -0.2) is 0 Å². The molecule has 0 saturated carbocycles. The van der Waals surface area contributed by atoms with E-state index in [4.69, 9.17) is 11.5 Å². The van der Waals surface area contributed by atoms with Crippen LogP contribution in [0, 0.1) is 5.92 Å². The number of primary amides is 2. The fraction of sp³-hybridized carbons (Fsp3) is 0.375. The Hall–Kier alpha value is -1.85. The molecule has 0 aliphatic rings. The van der Waals surface area contributed by atoms with Crippen molar-refractivity contribution < 1.29 is 9.59 Å². The number of aromatic nitrogens is 2. The summed E-state index contributed by atoms with van der Waals surface area (Å²) >= 11 is 0. The molecule has 14 heavy (non-hydrogen) atoms. The molecule has 4 N–H and O–H groups in total. The lowest BCUT2D eigenvalue weighted by atomic mass is 10.0. The summed E-state index contributed by atoms with van der Waals surface area (Å²) in [5.41, 5.74) is 10.8. The van der Waals surface area contributed by atoms with Crippen LogP contribution >= 0.6 is 0 Å². The maximum atomic E-state index is 10.8. The van der Waals surface area contributed by atoms with Crippen molar-refractivity contribution in [3.63, 3.8) is 0 Å². The average Bonchev–Trinajstić information content (AvgIpc) is 2.46. The third-order valence-electron chi connectivity index (χ3n) is 1.89. The highest BCUT2D eigenvalue weighted by Crippen LogP contribution is 2.06. The number of aryl methyl sites for hydroxylation is 1. The van der Waals surface area contributed by atoms with Crippen LogP contribution in [0.25, 0.3) is 0 Å². The maximum absolute atomic E-state index is 10.8. The van der Waals surface area contributed by atoms with Gasteiger partial charge in [0.25, 0.3) is 0 Å². The summed E-state index contributed by atoms with van der Waals surface area (Å²) in [6, 6.07) is 0. The van der Waals surface area contributed by atoms with Gasteiger partial charge in [0.05, 0.1) is 6.20 Å². The zero-order chi connectivity index (χ0) is 10.7. The van der Waals surface area contributed by atoms with E-state index in [0.717, 1.165) is 5.56 Å². The Balaban J connectivity index is 2.74. The van der Waals surface area contributed by atoms with Gasteiger partial charge in [0, 0.05) is 13.2 Å². The van der Waals surface area contributed by atoms with Gasteiger partial charge >= 0.3 is 0 Å². The zero-order valence-corrected chi connectivity index (χ0v) is 7.80. The van der Waals surface area contributed by atoms with Crippen molar-refractivity contribution in [2.24, 2.45) is 24.4 Å². The highest BCUT2D eigenvalue weighted by molar-refractivity contribution is 5.98. The standard InChI is InChI=1S/C8H12N4O2/c1-12-4-5(3-11-12)2-6(7(9)13)8(10)14/h3-4,6H,2H2,1H3,(H2,9,13)(H2,10,14). The molecule has 1 rings (SSSR count). The molecular formula is C8H12N4O2. The normalized spacial score (nSPS) is 10.4. The number of nitrogens with zero attached hydrogens (tertiary/aromatic N) is 2. The van der Waals surface area contributed by atoms with E-state index in [0.29, 0.717) is 0 Å². The number of carbonyl (C=O) groups excluding carboxylic acids is 2. The molecule has 0 fully saturated rings. The van der Waals surface area contributed by atoms with Crippen LogP contribution in [-0.2, 0) is 23.1 Å². The van der Waals surface area contributed by atoms with Gasteiger partial charge in [0.1, 0.15) is 5.92 Å². The molecule has 2 amide bonds. The van der Waals surface area contributed by atoms with Crippen LogP contribution in [0.15, 0.2) is 12.4 Å². The quantitative estimate of drug-likeness (QED) is 0.575. The number of carbonyl (C=O) groups is 2. The fourth-order valence-electron chi connectivity index (χ4n) is 1.15. The second kappa shape index (κ2) is 3.91. The van der Waals surface area contributed by atoms with Crippen molar-refractivity contribution in [1.29, 1.82) is 0 Å². The van der Waals surface area contributed by atoms with E-state index in [2.05, 4.69) is 5.10 Å². The van der Waals surface area contributed by atoms with Gasteiger partial charge in [-0.15, -0.1) is 0 Å². The molecule has 0 aliphatic heterocycles. The molecule has 0 radical (unpaired) electrons. The molecule has 0 aromatic carbocycles. The van der Waals surface area contributed by atoms with Gasteiger partial charge in [-0.1, -0.05) is 0 Å². The monoisotopic (exact) mass is 196 g/mol. The molecule has 1 aromatic heterocycles. The second-order valence-corrected chi connectivity index (χ2v) is 3.08. The highest BCUT2D eigenvalue weighted by Gasteiger charge is 2.22. The van der Waals surface area contributed by atoms with Crippen molar-refractivity contribution >= 4 is 11.8 Å². The number of rotatable bonds is 4. The number of hydrogen-bond acceptors (Lipinski definition) is 3. The number of amides is 2. The van der Waals surface area contributed by atoms with Gasteiger partial charge < -0.3 is 11.5 Å². The molecular weight excluding hydrogens is 184 g/mol. The molecule has 6 nitrogen and oxygen atoms in total. The predicted molar refractivity (Wildman–Crippen MR) is 48.8 cm³/mol. The van der Waals surface area contributed by atoms with E-state index in [1.807, 2.05) is 0 Å². The summed E-state index contributed by atoms with van der Waals surface area (Å²) < 4.78 is 1.58. The summed E-state index contributed by atoms with van der Waals surface area (Å²) in [5.74, 6) is -2.37. The van der Waals surface area contributed by atoms with Crippen LogP contribution in [-0.4, -0.2) is 21.6 Å². The minimum atomic E-state index is -0.959. The largest absolute Gasteiger partial charge is 0.369 e. The molecule has 0 spiro atoms. The lowest BCUT2D eigenvalue weighted by molar-refractivity contribution is -0.131. The molecule has 0 aliphatic carbocycles. The average molecular weight is 196 g/mol. The summed E-state index contributed by atoms with van der Waals surface area (Å²) in [4.78, 5) is 21.7. The van der Waals surface area contributed by atoms with E-state index >= 15 is 0 Å². The van der Waals surface area contributed by atoms with Crippen molar-refractivity contribution in [2.75, 3.05) is 0 Å². The Bertz CT molecular complexity index is 344. The highest BCUT2D eigenvalue weighted by atomic mass is 16.2. The first-order valence-corrected chi connectivity index (χ1v) is 4.07. The first-order valence-electron chi connectivity index (χ1n) is 4.07. The van der Waals surface area contributed by atoms with E-state index in [-0.39, 0.29) is 6.42 Å². The molecule has 1 aromatic rings. The van der Waals surface area contributed by atoms with Crippen molar-refractivity contribution in [2.45, 2.75) is 6.42 Å². The van der Waals surface area contributed by atoms with E-state index in [1.165, 1.54) is 0 Å². The number of nitrogens with two attached hydrogens (primary N) is 2. The predicted octanol–water partition coefficient (Wildman–Crippen LogP) is -1.45. The SMILES string of the molecule is Cn1cc(CC(C(N)=O)C(N)=O)cn1. The van der Waals surface area contributed by atoms with E-state index in [9.17, 15) is 9.59 Å². The molecule has 6 heteroatoms. The molecule has 0 bridgehead atoms. The first-order chi connectivity index (χ1) is 6.50. The Morgan fingerprint density at radius 1 is 1.50 bits per heavy atom. The fourth-order valence-corrected chi connectivity index (χ4v) is 1.15. The third kappa shape index (κ3) is 2.32. The van der Waals surface area contributed by atoms with Crippen LogP contribution in [0.4, 0.5) is 0 Å². The van der Waals surface area contributed by atoms with Crippen LogP contribution in [0.3, 0.4) is 0 Å². The Morgan fingerprint density at radius 2 is 2.07 bits per heavy atom. The number of hydrogen-bond donors (Lipinski definition) is 2. The van der Waals surface area contributed by atoms with Crippen LogP contribution in [0.2, 0.25) is 0 Å². The Kier molecular flexibility index (Phi) is 2.85. The zero-order valence-electron chi connectivity index (χ0n) is 7.80. The van der Waals surface area contributed by atoms with Gasteiger partial charge in [-0.3, -0.25) is 14.3 Å². The van der Waals surface area contributed by atoms with Crippen molar-refractivity contribution in [3.8, 4) is 0 Å². The Labute approximate surface area is 80.9 Å². The van der Waals surface area contributed by atoms with Crippen LogP contribution < -0.4 is 11.5 Å². The lowest BCUT2D eigenvalue weighted by Gasteiger charge is -2.06. The molecule has 1 heterocycles. The molecule has 76 valence electrons. The van der Waals surface area contributed by atoms with E-state index < -0.39 is 17.7 Å². The molecule has 0 unspecified atom stereocenters. The van der Waals surface area contributed by atoms with Gasteiger partial charge in [0.2, 0.25) is 11.8 Å². The third-order valence-corrected chi connectivity index (χ3v) is 1.89. The van der Waals surface area contributed by atoms with Crippen molar-refractivity contribution in [1.82, 2.24) is 9.78 Å². The first kappa shape index (κ1) is 10.2. The van der Waals surface area contributed by atoms with Crippen LogP contribution in [0.1, 0.15) is 5.56 Å². The molecule has 0 atom stereocenters. The summed E-state index contributed by atoms with van der Waals surface area (Å²) in [6.07, 6.45) is 3.48. The van der Waals surface area contributed by atoms with Gasteiger partial charge in [-0.2, -0.15) is 5.10 Å². The summed E-state index contributed by atoms with van der Waals surface area (Å²) in [6.45, 7) is 0. The molecule has 0 saturated heterocycles. The minimum absolute atomic E-state index is 0.207. The summed E-state index contributed by atoms with van der Waals surface area (Å²) in [7, 11) is 1.74. The minimum Gasteiger partial charge on any atom is -0.369 e. The van der Waals surface area contributed by atoms with Crippen molar-refractivity contribution in [3.05, 3.63) is 18.0 Å². The van der Waals surface area contributed by atoms with Crippen LogP contribution in [0.5, 0.6) is 0 Å².